The predicted octanol–water partition coefficient (Wildman–Crippen LogP) is 3.72. The molecule has 3 heterocycles. The maximum absolute atomic E-state index is 12.9. The van der Waals surface area contributed by atoms with E-state index in [0.29, 0.717) is 53.9 Å². The quantitative estimate of drug-likeness (QED) is 0.307. The molecule has 1 aliphatic heterocycles. The third-order valence-electron chi connectivity index (χ3n) is 6.88. The molecule has 1 aliphatic rings. The average Bonchev–Trinajstić information content (AvgIpc) is 3.44. The molecule has 0 bridgehead atoms. The topological polar surface area (TPSA) is 113 Å². The Hall–Kier alpha value is -3.69. The summed E-state index contributed by atoms with van der Waals surface area (Å²) in [5.41, 5.74) is 3.06. The molecular weight excluding hydrogens is 458 g/mol. The zero-order chi connectivity index (χ0) is 25.1. The smallest absolute Gasteiger partial charge is 0.251 e. The van der Waals surface area contributed by atoms with Crippen molar-refractivity contribution >= 4 is 27.7 Å². The Morgan fingerprint density at radius 3 is 2.89 bits per heavy atom. The summed E-state index contributed by atoms with van der Waals surface area (Å²) in [6, 6.07) is 11.5. The van der Waals surface area contributed by atoms with Crippen LogP contribution in [-0.2, 0) is 4.74 Å². The number of hydrogen-bond donors (Lipinski definition) is 3. The summed E-state index contributed by atoms with van der Waals surface area (Å²) in [6.07, 6.45) is 4.79. The number of rotatable bonds is 9. The van der Waals surface area contributed by atoms with E-state index in [2.05, 4.69) is 32.2 Å². The van der Waals surface area contributed by atoms with Gasteiger partial charge in [0.2, 0.25) is 0 Å². The highest BCUT2D eigenvalue weighted by Crippen LogP contribution is 2.39. The predicted molar refractivity (Wildman–Crippen MR) is 138 cm³/mol. The molecule has 1 atom stereocenters. The molecule has 1 unspecified atom stereocenters. The van der Waals surface area contributed by atoms with E-state index < -0.39 is 0 Å². The van der Waals surface area contributed by atoms with E-state index in [1.165, 1.54) is 19.2 Å². The number of methoxy groups -OCH3 is 1. The molecule has 1 saturated heterocycles. The van der Waals surface area contributed by atoms with Crippen LogP contribution in [0.1, 0.15) is 29.6 Å². The maximum Gasteiger partial charge on any atom is 0.251 e. The molecule has 1 fully saturated rings. The standard InChI is InChI=1S/C27H31N5O4/c1-32-11-3-4-18(32)9-10-28-26(33)17-5-8-22-21(14-17)24(27(34)31-22)25-20-7-6-19(36-13-12-35-2)15-23(20)29-16-30-25/h5-8,14-16,18,31,34H,3-4,9-13H2,1-2H3,(H,28,33). The monoisotopic (exact) mass is 489 g/mol. The molecule has 1 amide bonds. The van der Waals surface area contributed by atoms with Crippen LogP contribution in [0.5, 0.6) is 11.6 Å². The first-order valence-electron chi connectivity index (χ1n) is 12.2. The number of nitrogens with zero attached hydrogens (tertiary/aromatic N) is 3. The van der Waals surface area contributed by atoms with Crippen LogP contribution in [0.4, 0.5) is 0 Å². The lowest BCUT2D eigenvalue weighted by molar-refractivity contribution is 0.0950. The van der Waals surface area contributed by atoms with Gasteiger partial charge in [0, 0.05) is 47.6 Å². The molecular formula is C27H31N5O4. The van der Waals surface area contributed by atoms with Crippen molar-refractivity contribution in [3.63, 3.8) is 0 Å². The van der Waals surface area contributed by atoms with E-state index in [4.69, 9.17) is 9.47 Å². The molecule has 2 aromatic carbocycles. The van der Waals surface area contributed by atoms with Gasteiger partial charge < -0.3 is 29.8 Å². The van der Waals surface area contributed by atoms with Crippen molar-refractivity contribution in [3.8, 4) is 22.9 Å². The number of benzene rings is 2. The Labute approximate surface area is 209 Å². The first-order chi connectivity index (χ1) is 17.5. The van der Waals surface area contributed by atoms with Gasteiger partial charge in [0.05, 0.1) is 23.4 Å². The Morgan fingerprint density at radius 1 is 1.19 bits per heavy atom. The average molecular weight is 490 g/mol. The van der Waals surface area contributed by atoms with Gasteiger partial charge in [-0.05, 0) is 63.2 Å². The first-order valence-corrected chi connectivity index (χ1v) is 12.2. The van der Waals surface area contributed by atoms with E-state index >= 15 is 0 Å². The summed E-state index contributed by atoms with van der Waals surface area (Å²) in [4.78, 5) is 27.1. The molecule has 2 aromatic heterocycles. The Morgan fingerprint density at radius 2 is 2.08 bits per heavy atom. The normalized spacial score (nSPS) is 16.1. The van der Waals surface area contributed by atoms with Crippen LogP contribution in [0.2, 0.25) is 0 Å². The SMILES string of the molecule is COCCOc1ccc2c(-c3c(O)[nH]c4ccc(C(=O)NCCC5CCCN5C)cc34)ncnc2c1. The van der Waals surface area contributed by atoms with Gasteiger partial charge in [-0.2, -0.15) is 0 Å². The lowest BCUT2D eigenvalue weighted by Crippen LogP contribution is -2.31. The lowest BCUT2D eigenvalue weighted by atomic mass is 10.0. The van der Waals surface area contributed by atoms with Crippen LogP contribution >= 0.6 is 0 Å². The zero-order valence-corrected chi connectivity index (χ0v) is 20.6. The van der Waals surface area contributed by atoms with Gasteiger partial charge in [-0.25, -0.2) is 9.97 Å². The van der Waals surface area contributed by atoms with E-state index in [9.17, 15) is 9.90 Å². The molecule has 9 nitrogen and oxygen atoms in total. The van der Waals surface area contributed by atoms with Crippen molar-refractivity contribution in [2.24, 2.45) is 0 Å². The molecule has 0 saturated carbocycles. The third kappa shape index (κ3) is 4.84. The summed E-state index contributed by atoms with van der Waals surface area (Å²) in [7, 11) is 3.76. The second-order valence-corrected chi connectivity index (χ2v) is 9.17. The number of aromatic amines is 1. The van der Waals surface area contributed by atoms with Crippen LogP contribution in [0.3, 0.4) is 0 Å². The number of likely N-dealkylation sites (tertiary alicyclic amines) is 1. The molecule has 0 spiro atoms. The van der Waals surface area contributed by atoms with Gasteiger partial charge in [-0.1, -0.05) is 0 Å². The number of carbonyl (C=O) groups excluding carboxylic acids is 1. The van der Waals surface area contributed by atoms with Gasteiger partial charge in [0.1, 0.15) is 18.7 Å². The summed E-state index contributed by atoms with van der Waals surface area (Å²) in [5.74, 6) is 0.539. The molecule has 3 N–H and O–H groups in total. The number of aromatic hydroxyl groups is 1. The third-order valence-corrected chi connectivity index (χ3v) is 6.88. The summed E-state index contributed by atoms with van der Waals surface area (Å²) in [5, 5.41) is 15.3. The molecule has 36 heavy (non-hydrogen) atoms. The van der Waals surface area contributed by atoms with Crippen LogP contribution < -0.4 is 10.1 Å². The van der Waals surface area contributed by atoms with Crippen LogP contribution in [0.25, 0.3) is 33.1 Å². The van der Waals surface area contributed by atoms with E-state index in [1.807, 2.05) is 24.3 Å². The highest BCUT2D eigenvalue weighted by molar-refractivity contribution is 6.07. The number of aromatic nitrogens is 3. The van der Waals surface area contributed by atoms with Gasteiger partial charge in [0.25, 0.3) is 5.91 Å². The van der Waals surface area contributed by atoms with Gasteiger partial charge in [0.15, 0.2) is 5.88 Å². The maximum atomic E-state index is 12.9. The van der Waals surface area contributed by atoms with Gasteiger partial charge in [-0.3, -0.25) is 4.79 Å². The largest absolute Gasteiger partial charge is 0.494 e. The highest BCUT2D eigenvalue weighted by Gasteiger charge is 2.21. The highest BCUT2D eigenvalue weighted by atomic mass is 16.5. The fourth-order valence-electron chi connectivity index (χ4n) is 4.93. The minimum Gasteiger partial charge on any atom is -0.494 e. The van der Waals surface area contributed by atoms with Crippen molar-refractivity contribution in [2.45, 2.75) is 25.3 Å². The number of amides is 1. The zero-order valence-electron chi connectivity index (χ0n) is 20.6. The first kappa shape index (κ1) is 24.0. The number of nitrogens with one attached hydrogen (secondary N) is 2. The van der Waals surface area contributed by atoms with Crippen molar-refractivity contribution in [3.05, 3.63) is 48.3 Å². The molecule has 0 radical (unpaired) electrons. The van der Waals surface area contributed by atoms with Crippen LogP contribution in [0.15, 0.2) is 42.7 Å². The molecule has 4 aromatic rings. The van der Waals surface area contributed by atoms with Crippen LogP contribution in [-0.4, -0.2) is 77.4 Å². The second kappa shape index (κ2) is 10.5. The van der Waals surface area contributed by atoms with E-state index in [1.54, 1.807) is 19.2 Å². The van der Waals surface area contributed by atoms with E-state index in [-0.39, 0.29) is 11.8 Å². The minimum atomic E-state index is -0.130. The van der Waals surface area contributed by atoms with Crippen molar-refractivity contribution < 1.29 is 19.4 Å². The van der Waals surface area contributed by atoms with Crippen molar-refractivity contribution in [2.75, 3.05) is 40.5 Å². The summed E-state index contributed by atoms with van der Waals surface area (Å²) in [6.45, 7) is 2.67. The second-order valence-electron chi connectivity index (χ2n) is 9.17. The van der Waals surface area contributed by atoms with Gasteiger partial charge in [-0.15, -0.1) is 0 Å². The Kier molecular flexibility index (Phi) is 7.02. The molecule has 188 valence electrons. The number of carbonyl (C=O) groups is 1. The lowest BCUT2D eigenvalue weighted by Gasteiger charge is -2.19. The van der Waals surface area contributed by atoms with Crippen molar-refractivity contribution in [1.29, 1.82) is 0 Å². The summed E-state index contributed by atoms with van der Waals surface area (Å²) >= 11 is 0. The van der Waals surface area contributed by atoms with Crippen LogP contribution in [0, 0.1) is 0 Å². The number of H-pyrrole nitrogens is 1. The van der Waals surface area contributed by atoms with Gasteiger partial charge >= 0.3 is 0 Å². The molecule has 9 heteroatoms. The number of hydrogen-bond acceptors (Lipinski definition) is 7. The Balaban J connectivity index is 1.42. The van der Waals surface area contributed by atoms with E-state index in [0.717, 1.165) is 29.3 Å². The summed E-state index contributed by atoms with van der Waals surface area (Å²) < 4.78 is 10.7. The fraction of sp³-hybridized carbons (Fsp3) is 0.370. The molecule has 0 aliphatic carbocycles. The fourth-order valence-corrected chi connectivity index (χ4v) is 4.93. The number of ether oxygens (including phenoxy) is 2. The Bertz CT molecular complexity index is 1390. The molecule has 5 rings (SSSR count). The minimum absolute atomic E-state index is 0.00718. The van der Waals surface area contributed by atoms with Crippen molar-refractivity contribution in [1.82, 2.24) is 25.2 Å². The number of fused-ring (bicyclic) bond motifs is 2.